The van der Waals surface area contributed by atoms with Gasteiger partial charge in [-0.15, -0.1) is 0 Å². The fourth-order valence-electron chi connectivity index (χ4n) is 4.60. The molecule has 0 aliphatic rings. The lowest BCUT2D eigenvalue weighted by Gasteiger charge is -2.11. The van der Waals surface area contributed by atoms with Crippen LogP contribution in [0, 0.1) is 0 Å². The number of hydrogen-bond donors (Lipinski definition) is 0. The van der Waals surface area contributed by atoms with E-state index >= 15 is 0 Å². The molecular weight excluding hydrogens is 486 g/mol. The first-order valence-corrected chi connectivity index (χ1v) is 13.4. The van der Waals surface area contributed by atoms with Gasteiger partial charge < -0.3 is 0 Å². The Balaban J connectivity index is 1.57. The molecule has 0 spiro atoms. The minimum absolute atomic E-state index is 0.657. The molecule has 0 amide bonds. The van der Waals surface area contributed by atoms with Crippen LogP contribution in [0.3, 0.4) is 0 Å². The number of fused-ring (bicyclic) bond motifs is 1. The number of allylic oxidation sites excluding steroid dienone is 6. The van der Waals surface area contributed by atoms with Gasteiger partial charge in [0.15, 0.2) is 5.82 Å². The van der Waals surface area contributed by atoms with Crippen molar-refractivity contribution in [3.63, 3.8) is 0 Å². The first-order chi connectivity index (χ1) is 19.7. The van der Waals surface area contributed by atoms with Crippen molar-refractivity contribution in [1.29, 1.82) is 0 Å². The van der Waals surface area contributed by atoms with E-state index in [0.717, 1.165) is 39.3 Å². The number of aliphatic imine (C=N–C) groups is 1. The van der Waals surface area contributed by atoms with Gasteiger partial charge in [-0.05, 0) is 46.5 Å². The largest absolute Gasteiger partial charge is 0.265 e. The van der Waals surface area contributed by atoms with E-state index in [0.29, 0.717) is 6.42 Å². The lowest BCUT2D eigenvalue weighted by Crippen LogP contribution is -1.99. The Morgan fingerprint density at radius 2 is 1.50 bits per heavy atom. The number of aromatic nitrogens is 2. The second kappa shape index (κ2) is 13.1. The van der Waals surface area contributed by atoms with Gasteiger partial charge in [0.1, 0.15) is 0 Å². The summed E-state index contributed by atoms with van der Waals surface area (Å²) in [5.41, 5.74) is 7.37. The Labute approximate surface area is 236 Å². The van der Waals surface area contributed by atoms with Gasteiger partial charge in [0.05, 0.1) is 5.69 Å². The summed E-state index contributed by atoms with van der Waals surface area (Å²) in [5.74, 6) is 0.726. The summed E-state index contributed by atoms with van der Waals surface area (Å²) in [5, 5.41) is 2.31. The predicted molar refractivity (Wildman–Crippen MR) is 170 cm³/mol. The zero-order chi connectivity index (χ0) is 27.6. The van der Waals surface area contributed by atoms with Gasteiger partial charge in [-0.25, -0.2) is 9.97 Å². The van der Waals surface area contributed by atoms with Gasteiger partial charge in [0, 0.05) is 35.7 Å². The Hall–Kier alpha value is -5.15. The van der Waals surface area contributed by atoms with Crippen molar-refractivity contribution in [1.82, 2.24) is 9.97 Å². The Kier molecular flexibility index (Phi) is 8.65. The average molecular weight is 518 g/mol. The summed E-state index contributed by atoms with van der Waals surface area (Å²) in [6.45, 7) is 5.68. The van der Waals surface area contributed by atoms with Crippen LogP contribution in [-0.2, 0) is 6.42 Å². The van der Waals surface area contributed by atoms with Crippen molar-refractivity contribution in [2.24, 2.45) is 4.99 Å². The Morgan fingerprint density at radius 3 is 2.30 bits per heavy atom. The molecule has 3 nitrogen and oxygen atoms in total. The fourth-order valence-corrected chi connectivity index (χ4v) is 4.60. The van der Waals surface area contributed by atoms with Gasteiger partial charge in [0.2, 0.25) is 0 Å². The summed E-state index contributed by atoms with van der Waals surface area (Å²) in [6, 6.07) is 35.8. The van der Waals surface area contributed by atoms with Crippen LogP contribution in [-0.4, -0.2) is 16.2 Å². The van der Waals surface area contributed by atoms with Crippen molar-refractivity contribution in [3.05, 3.63) is 158 Å². The van der Waals surface area contributed by atoms with E-state index in [-0.39, 0.29) is 0 Å². The second-order valence-corrected chi connectivity index (χ2v) is 9.30. The molecule has 5 aromatic rings. The van der Waals surface area contributed by atoms with Gasteiger partial charge in [-0.2, -0.15) is 0 Å². The van der Waals surface area contributed by atoms with Crippen LogP contribution in [0.25, 0.3) is 44.5 Å². The molecular formula is C37H31N3. The molecule has 0 unspecified atom stereocenters. The number of benzene rings is 4. The van der Waals surface area contributed by atoms with Gasteiger partial charge >= 0.3 is 0 Å². The lowest BCUT2D eigenvalue weighted by molar-refractivity contribution is 1.06. The highest BCUT2D eigenvalue weighted by atomic mass is 14.9. The number of hydrogen-bond acceptors (Lipinski definition) is 3. The van der Waals surface area contributed by atoms with Crippen molar-refractivity contribution in [3.8, 4) is 33.8 Å². The number of rotatable bonds is 9. The SMILES string of the molecule is C=C\C=N/C=C/C(/C=C\C)=C/Cc1cc(-c2ccc(-c3ccccc3)cc2)nc(-c2cccc3ccccc23)n1. The smallest absolute Gasteiger partial charge is 0.160 e. The minimum atomic E-state index is 0.657. The maximum Gasteiger partial charge on any atom is 0.160 e. The third kappa shape index (κ3) is 6.46. The van der Waals surface area contributed by atoms with Gasteiger partial charge in [0.25, 0.3) is 0 Å². The number of nitrogens with zero attached hydrogens (tertiary/aromatic N) is 3. The molecule has 0 saturated heterocycles. The van der Waals surface area contributed by atoms with E-state index in [4.69, 9.17) is 9.97 Å². The first kappa shape index (κ1) is 26.5. The average Bonchev–Trinajstić information content (AvgIpc) is 3.02. The zero-order valence-electron chi connectivity index (χ0n) is 22.6. The Morgan fingerprint density at radius 1 is 0.775 bits per heavy atom. The molecule has 5 rings (SSSR count). The van der Waals surface area contributed by atoms with Crippen LogP contribution >= 0.6 is 0 Å². The third-order valence-electron chi connectivity index (χ3n) is 6.55. The molecule has 1 aromatic heterocycles. The first-order valence-electron chi connectivity index (χ1n) is 13.4. The van der Waals surface area contributed by atoms with Crippen molar-refractivity contribution < 1.29 is 0 Å². The van der Waals surface area contributed by atoms with Crippen LogP contribution in [0.5, 0.6) is 0 Å². The van der Waals surface area contributed by atoms with Crippen molar-refractivity contribution >= 4 is 17.0 Å². The van der Waals surface area contributed by atoms with Crippen molar-refractivity contribution in [2.75, 3.05) is 0 Å². The molecule has 1 heterocycles. The lowest BCUT2D eigenvalue weighted by atomic mass is 10.0. The molecule has 0 bridgehead atoms. The molecule has 4 aromatic carbocycles. The summed E-state index contributed by atoms with van der Waals surface area (Å²) < 4.78 is 0. The summed E-state index contributed by atoms with van der Waals surface area (Å²) >= 11 is 0. The van der Waals surface area contributed by atoms with E-state index in [1.807, 2.05) is 25.1 Å². The highest BCUT2D eigenvalue weighted by Gasteiger charge is 2.12. The predicted octanol–water partition coefficient (Wildman–Crippen LogP) is 9.45. The van der Waals surface area contributed by atoms with Crippen LogP contribution in [0.1, 0.15) is 12.6 Å². The highest BCUT2D eigenvalue weighted by Crippen LogP contribution is 2.30. The molecule has 0 N–H and O–H groups in total. The standard InChI is InChI=1S/C37H31N3/c1-3-11-28(24-26-38-25-4-2)18-23-33-27-36(32-21-19-30(20-22-32)29-12-6-5-7-13-29)40-37(39-33)35-17-10-15-31-14-8-9-16-34(31)35/h3-22,24-27H,2,23H2,1H3/b11-3-,26-24+,28-18+,38-25-. The zero-order valence-corrected chi connectivity index (χ0v) is 22.6. The normalized spacial score (nSPS) is 12.2. The fraction of sp³-hybridized carbons (Fsp3) is 0.0541. The van der Waals surface area contributed by atoms with E-state index < -0.39 is 0 Å². The molecule has 0 aliphatic carbocycles. The van der Waals surface area contributed by atoms with Crippen LogP contribution in [0.4, 0.5) is 0 Å². The van der Waals surface area contributed by atoms with Crippen LogP contribution in [0.2, 0.25) is 0 Å². The highest BCUT2D eigenvalue weighted by molar-refractivity contribution is 5.95. The third-order valence-corrected chi connectivity index (χ3v) is 6.55. The summed E-state index contributed by atoms with van der Waals surface area (Å²) in [4.78, 5) is 14.3. The van der Waals surface area contributed by atoms with Crippen LogP contribution in [0.15, 0.2) is 157 Å². The minimum Gasteiger partial charge on any atom is -0.265 e. The quantitative estimate of drug-likeness (QED) is 0.144. The molecule has 194 valence electrons. The molecule has 0 aliphatic heterocycles. The molecule has 0 radical (unpaired) electrons. The van der Waals surface area contributed by atoms with E-state index in [1.165, 1.54) is 16.5 Å². The molecule has 0 fully saturated rings. The van der Waals surface area contributed by atoms with Crippen LogP contribution < -0.4 is 0 Å². The molecule has 0 saturated carbocycles. The monoisotopic (exact) mass is 517 g/mol. The van der Waals surface area contributed by atoms with E-state index in [1.54, 1.807) is 18.5 Å². The summed E-state index contributed by atoms with van der Waals surface area (Å²) in [7, 11) is 0. The van der Waals surface area contributed by atoms with Gasteiger partial charge in [-0.1, -0.05) is 128 Å². The Bertz CT molecular complexity index is 1720. The van der Waals surface area contributed by atoms with E-state index in [9.17, 15) is 0 Å². The van der Waals surface area contributed by atoms with E-state index in [2.05, 4.69) is 121 Å². The maximum absolute atomic E-state index is 5.07. The molecule has 0 atom stereocenters. The molecule has 40 heavy (non-hydrogen) atoms. The second-order valence-electron chi connectivity index (χ2n) is 9.30. The van der Waals surface area contributed by atoms with Gasteiger partial charge in [-0.3, -0.25) is 4.99 Å². The topological polar surface area (TPSA) is 38.1 Å². The summed E-state index contributed by atoms with van der Waals surface area (Å²) in [6.07, 6.45) is 14.0. The molecule has 3 heteroatoms. The van der Waals surface area contributed by atoms with Crippen molar-refractivity contribution in [2.45, 2.75) is 13.3 Å². The maximum atomic E-state index is 5.07.